The highest BCUT2D eigenvalue weighted by atomic mass is 19.4. The van der Waals surface area contributed by atoms with Crippen molar-refractivity contribution in [2.75, 3.05) is 25.5 Å². The summed E-state index contributed by atoms with van der Waals surface area (Å²) < 4.78 is 39.5. The van der Waals surface area contributed by atoms with Crippen molar-refractivity contribution in [3.05, 3.63) is 24.0 Å². The molecule has 0 fully saturated rings. The van der Waals surface area contributed by atoms with Gasteiger partial charge in [0.1, 0.15) is 0 Å². The average molecular weight is 357 g/mol. The van der Waals surface area contributed by atoms with Crippen LogP contribution in [-0.4, -0.2) is 41.5 Å². The Hall–Kier alpha value is -2.62. The van der Waals surface area contributed by atoms with Gasteiger partial charge in [0.15, 0.2) is 0 Å². The van der Waals surface area contributed by atoms with Crippen molar-refractivity contribution in [3.8, 4) is 0 Å². The summed E-state index contributed by atoms with van der Waals surface area (Å²) in [4.78, 5) is 27.0. The van der Waals surface area contributed by atoms with Crippen LogP contribution in [-0.2, 0) is 22.8 Å². The highest BCUT2D eigenvalue weighted by Crippen LogP contribution is 2.31. The lowest BCUT2D eigenvalue weighted by Crippen LogP contribution is -2.36. The van der Waals surface area contributed by atoms with Gasteiger partial charge >= 0.3 is 18.0 Å². The molecule has 0 aliphatic carbocycles. The lowest BCUT2D eigenvalue weighted by molar-refractivity contribution is -0.146. The molecule has 0 spiro atoms. The lowest BCUT2D eigenvalue weighted by Gasteiger charge is -2.07. The molecular formula is C15H18F3N5O2. The second-order valence-corrected chi connectivity index (χ2v) is 5.36. The smallest absolute Gasteiger partial charge is 0.348 e. The second kappa shape index (κ2) is 7.51. The Morgan fingerprint density at radius 1 is 1.20 bits per heavy atom. The molecular weight excluding hydrogens is 339 g/mol. The Bertz CT molecular complexity index is 785. The van der Waals surface area contributed by atoms with Crippen molar-refractivity contribution in [1.82, 2.24) is 20.2 Å². The first-order chi connectivity index (χ1) is 11.7. The molecule has 1 heterocycles. The van der Waals surface area contributed by atoms with Gasteiger partial charge in [-0.25, -0.2) is 4.98 Å². The van der Waals surface area contributed by atoms with Gasteiger partial charge < -0.3 is 20.5 Å². The molecule has 0 saturated heterocycles. The number of benzene rings is 1. The number of hydrogen-bond acceptors (Lipinski definition) is 4. The number of amides is 2. The first-order valence-corrected chi connectivity index (χ1v) is 7.51. The van der Waals surface area contributed by atoms with E-state index in [-0.39, 0.29) is 16.7 Å². The number of rotatable bonds is 5. The Kier molecular flexibility index (Phi) is 5.62. The molecule has 0 bridgehead atoms. The van der Waals surface area contributed by atoms with Crippen molar-refractivity contribution in [2.45, 2.75) is 12.6 Å². The maximum absolute atomic E-state index is 12.9. The van der Waals surface area contributed by atoms with Crippen LogP contribution in [0.3, 0.4) is 0 Å². The van der Waals surface area contributed by atoms with Crippen LogP contribution in [0.2, 0.25) is 0 Å². The van der Waals surface area contributed by atoms with Gasteiger partial charge in [0.2, 0.25) is 5.82 Å². The number of nitrogens with zero attached hydrogens (tertiary/aromatic N) is 2. The number of hydrogen-bond donors (Lipinski definition) is 3. The van der Waals surface area contributed by atoms with Crippen LogP contribution in [0.25, 0.3) is 11.0 Å². The van der Waals surface area contributed by atoms with Crippen molar-refractivity contribution < 1.29 is 22.8 Å². The van der Waals surface area contributed by atoms with Crippen molar-refractivity contribution in [1.29, 1.82) is 0 Å². The molecule has 136 valence electrons. The summed E-state index contributed by atoms with van der Waals surface area (Å²) in [5.41, 5.74) is 0.526. The van der Waals surface area contributed by atoms with E-state index in [9.17, 15) is 22.8 Å². The number of aromatic nitrogens is 2. The lowest BCUT2D eigenvalue weighted by atomic mass is 10.2. The normalized spacial score (nSPS) is 11.6. The highest BCUT2D eigenvalue weighted by molar-refractivity contribution is 6.39. The monoisotopic (exact) mass is 357 g/mol. The number of carbonyl (C=O) groups is 2. The molecule has 0 aliphatic heterocycles. The Morgan fingerprint density at radius 3 is 2.56 bits per heavy atom. The number of imidazole rings is 1. The van der Waals surface area contributed by atoms with Crippen LogP contribution in [0, 0.1) is 0 Å². The van der Waals surface area contributed by atoms with Crippen molar-refractivity contribution in [2.24, 2.45) is 7.05 Å². The van der Waals surface area contributed by atoms with Crippen LogP contribution in [0.5, 0.6) is 0 Å². The van der Waals surface area contributed by atoms with Gasteiger partial charge in [0.25, 0.3) is 0 Å². The molecule has 0 atom stereocenters. The summed E-state index contributed by atoms with van der Waals surface area (Å²) in [5, 5.41) is 7.70. The summed E-state index contributed by atoms with van der Waals surface area (Å²) >= 11 is 0. The summed E-state index contributed by atoms with van der Waals surface area (Å²) in [6.45, 7) is 1.03. The summed E-state index contributed by atoms with van der Waals surface area (Å²) in [6, 6.07) is 4.10. The van der Waals surface area contributed by atoms with E-state index in [1.807, 2.05) is 0 Å². The molecule has 3 N–H and O–H groups in total. The van der Waals surface area contributed by atoms with E-state index >= 15 is 0 Å². The highest BCUT2D eigenvalue weighted by Gasteiger charge is 2.36. The zero-order chi connectivity index (χ0) is 18.6. The molecule has 1 aromatic carbocycles. The van der Waals surface area contributed by atoms with Gasteiger partial charge in [-0.05, 0) is 38.2 Å². The first-order valence-electron chi connectivity index (χ1n) is 7.51. The predicted octanol–water partition coefficient (Wildman–Crippen LogP) is 1.26. The number of halogens is 3. The molecule has 2 amide bonds. The molecule has 1 aromatic heterocycles. The van der Waals surface area contributed by atoms with Gasteiger partial charge in [0, 0.05) is 19.3 Å². The van der Waals surface area contributed by atoms with Gasteiger partial charge in [-0.1, -0.05) is 0 Å². The molecule has 0 aliphatic rings. The Labute approximate surface area is 141 Å². The van der Waals surface area contributed by atoms with E-state index in [1.54, 1.807) is 7.05 Å². The second-order valence-electron chi connectivity index (χ2n) is 5.36. The van der Waals surface area contributed by atoms with Gasteiger partial charge in [-0.15, -0.1) is 0 Å². The summed E-state index contributed by atoms with van der Waals surface area (Å²) in [6.07, 6.45) is -3.92. The van der Waals surface area contributed by atoms with E-state index in [4.69, 9.17) is 0 Å². The fourth-order valence-corrected chi connectivity index (χ4v) is 2.27. The van der Waals surface area contributed by atoms with Gasteiger partial charge in [-0.3, -0.25) is 9.59 Å². The molecule has 0 radical (unpaired) electrons. The quantitative estimate of drug-likeness (QED) is 0.555. The first kappa shape index (κ1) is 18.7. The number of carbonyl (C=O) groups excluding carboxylic acids is 2. The Balaban J connectivity index is 2.09. The minimum Gasteiger partial charge on any atom is -0.348 e. The van der Waals surface area contributed by atoms with Crippen LogP contribution in [0.1, 0.15) is 12.2 Å². The van der Waals surface area contributed by atoms with Crippen molar-refractivity contribution in [3.63, 3.8) is 0 Å². The third-order valence-electron chi connectivity index (χ3n) is 3.49. The molecule has 2 aromatic rings. The SMILES string of the molecule is CNCCCNC(=O)C(=O)Nc1ccc2c(c1)nc(C(F)(F)F)n2C. The summed E-state index contributed by atoms with van der Waals surface area (Å²) in [5.74, 6) is -2.74. The van der Waals surface area contributed by atoms with Gasteiger partial charge in [0.05, 0.1) is 11.0 Å². The maximum atomic E-state index is 12.9. The molecule has 10 heteroatoms. The fourth-order valence-electron chi connectivity index (χ4n) is 2.27. The number of alkyl halides is 3. The van der Waals surface area contributed by atoms with Crippen LogP contribution in [0.4, 0.5) is 18.9 Å². The van der Waals surface area contributed by atoms with Crippen molar-refractivity contribution >= 4 is 28.5 Å². The van der Waals surface area contributed by atoms with E-state index in [1.165, 1.54) is 25.2 Å². The topological polar surface area (TPSA) is 88.0 Å². The maximum Gasteiger partial charge on any atom is 0.449 e. The van der Waals surface area contributed by atoms with E-state index in [0.29, 0.717) is 19.5 Å². The predicted molar refractivity (Wildman–Crippen MR) is 85.9 cm³/mol. The van der Waals surface area contributed by atoms with Crippen LogP contribution in [0.15, 0.2) is 18.2 Å². The molecule has 0 saturated carbocycles. The number of fused-ring (bicyclic) bond motifs is 1. The molecule has 25 heavy (non-hydrogen) atoms. The Morgan fingerprint density at radius 2 is 1.92 bits per heavy atom. The minimum atomic E-state index is -4.58. The third kappa shape index (κ3) is 4.47. The average Bonchev–Trinajstić information content (AvgIpc) is 2.88. The fraction of sp³-hybridized carbons (Fsp3) is 0.400. The standard InChI is InChI=1S/C15H18F3N5O2/c1-19-6-3-7-20-12(24)13(25)21-9-4-5-11-10(8-9)22-14(23(11)2)15(16,17)18/h4-5,8,19H,3,6-7H2,1-2H3,(H,20,24)(H,21,25). The van der Waals surface area contributed by atoms with Gasteiger partial charge in [-0.2, -0.15) is 13.2 Å². The largest absolute Gasteiger partial charge is 0.449 e. The third-order valence-corrected chi connectivity index (χ3v) is 3.49. The minimum absolute atomic E-state index is 0.0713. The van der Waals surface area contributed by atoms with Crippen LogP contribution >= 0.6 is 0 Å². The zero-order valence-corrected chi connectivity index (χ0v) is 13.7. The van der Waals surface area contributed by atoms with Crippen LogP contribution < -0.4 is 16.0 Å². The van der Waals surface area contributed by atoms with E-state index in [2.05, 4.69) is 20.9 Å². The number of nitrogens with one attached hydrogen (secondary N) is 3. The number of anilines is 1. The molecule has 2 rings (SSSR count). The molecule has 7 nitrogen and oxygen atoms in total. The number of aryl methyl sites for hydroxylation is 1. The van der Waals surface area contributed by atoms with E-state index < -0.39 is 23.8 Å². The zero-order valence-electron chi connectivity index (χ0n) is 13.7. The van der Waals surface area contributed by atoms with E-state index in [0.717, 1.165) is 4.57 Å². The molecule has 0 unspecified atom stereocenters. The summed E-state index contributed by atoms with van der Waals surface area (Å²) in [7, 11) is 3.03.